The molecule has 5 nitrogen and oxygen atoms in total. The highest BCUT2D eigenvalue weighted by atomic mass is 19.1. The predicted octanol–water partition coefficient (Wildman–Crippen LogP) is 4.10. The Hall–Kier alpha value is -2.60. The first kappa shape index (κ1) is 22.1. The molecule has 0 bridgehead atoms. The van der Waals surface area contributed by atoms with Crippen LogP contribution < -0.4 is 14.8 Å². The lowest BCUT2D eigenvalue weighted by Gasteiger charge is -2.38. The van der Waals surface area contributed by atoms with Crippen molar-refractivity contribution in [3.8, 4) is 11.5 Å². The molecule has 2 aromatic rings. The van der Waals surface area contributed by atoms with Gasteiger partial charge in [0.2, 0.25) is 5.91 Å². The molecular weight excluding hydrogens is 383 g/mol. The van der Waals surface area contributed by atoms with Gasteiger partial charge in [0.1, 0.15) is 5.82 Å². The highest BCUT2D eigenvalue weighted by molar-refractivity contribution is 5.76. The number of carbonyl (C=O) groups is 1. The summed E-state index contributed by atoms with van der Waals surface area (Å²) < 4.78 is 25.3. The first-order chi connectivity index (χ1) is 14.4. The van der Waals surface area contributed by atoms with E-state index in [1.807, 2.05) is 38.1 Å². The van der Waals surface area contributed by atoms with Crippen LogP contribution in [0.3, 0.4) is 0 Å². The van der Waals surface area contributed by atoms with Gasteiger partial charge in [0.05, 0.1) is 20.3 Å². The average molecular weight is 415 g/mol. The summed E-state index contributed by atoms with van der Waals surface area (Å²) in [6.45, 7) is 5.75. The van der Waals surface area contributed by atoms with E-state index in [1.165, 1.54) is 11.6 Å². The molecule has 0 spiro atoms. The van der Waals surface area contributed by atoms with Gasteiger partial charge in [-0.05, 0) is 41.7 Å². The van der Waals surface area contributed by atoms with Crippen molar-refractivity contribution in [2.45, 2.75) is 39.3 Å². The molecule has 3 rings (SSSR count). The summed E-state index contributed by atoms with van der Waals surface area (Å²) in [5.74, 6) is 1.47. The second-order valence-corrected chi connectivity index (χ2v) is 8.14. The molecule has 1 heterocycles. The van der Waals surface area contributed by atoms with Crippen molar-refractivity contribution in [3.63, 3.8) is 0 Å². The van der Waals surface area contributed by atoms with Gasteiger partial charge < -0.3 is 14.8 Å². The molecule has 162 valence electrons. The Morgan fingerprint density at radius 2 is 1.90 bits per heavy atom. The minimum atomic E-state index is -0.210. The number of fused-ring (bicyclic) bond motifs is 1. The Bertz CT molecular complexity index is 885. The van der Waals surface area contributed by atoms with Gasteiger partial charge in [-0.15, -0.1) is 0 Å². The lowest BCUT2D eigenvalue weighted by molar-refractivity contribution is -0.122. The van der Waals surface area contributed by atoms with Gasteiger partial charge >= 0.3 is 0 Å². The zero-order valence-electron chi connectivity index (χ0n) is 18.2. The minimum absolute atomic E-state index is 0.0310. The van der Waals surface area contributed by atoms with Crippen LogP contribution in [0.2, 0.25) is 0 Å². The molecule has 2 aromatic carbocycles. The fourth-order valence-corrected chi connectivity index (χ4v) is 4.01. The van der Waals surface area contributed by atoms with Crippen molar-refractivity contribution in [2.24, 2.45) is 5.92 Å². The molecule has 1 amide bonds. The van der Waals surface area contributed by atoms with Crippen molar-refractivity contribution in [1.29, 1.82) is 0 Å². The number of nitrogens with zero attached hydrogens (tertiary/aromatic N) is 1. The highest BCUT2D eigenvalue weighted by Gasteiger charge is 2.30. The van der Waals surface area contributed by atoms with E-state index in [1.54, 1.807) is 20.3 Å². The summed E-state index contributed by atoms with van der Waals surface area (Å²) in [5, 5.41) is 3.07. The normalized spacial score (nSPS) is 16.3. The summed E-state index contributed by atoms with van der Waals surface area (Å²) in [7, 11) is 3.24. The van der Waals surface area contributed by atoms with Crippen LogP contribution in [-0.4, -0.2) is 38.1 Å². The molecule has 0 fully saturated rings. The molecule has 0 saturated carbocycles. The number of methoxy groups -OCH3 is 2. The summed E-state index contributed by atoms with van der Waals surface area (Å²) in [6, 6.07) is 10.8. The quantitative estimate of drug-likeness (QED) is 0.707. The number of halogens is 1. The zero-order valence-corrected chi connectivity index (χ0v) is 18.2. The number of ether oxygens (including phenoxy) is 2. The SMILES string of the molecule is COc1cc2c(cc1OC)[C@H](CNC(=O)CC(C)C)N(Cc1ccccc1F)CC2. The zero-order chi connectivity index (χ0) is 21.7. The Morgan fingerprint density at radius 3 is 2.57 bits per heavy atom. The standard InChI is InChI=1S/C24H31FN2O3/c1-16(2)11-24(28)26-14-21-19-13-23(30-4)22(29-3)12-17(19)9-10-27(21)15-18-7-5-6-8-20(18)25/h5-8,12-13,16,21H,9-11,14-15H2,1-4H3,(H,26,28)/t21-/m0/s1. The molecule has 0 aliphatic carbocycles. The molecule has 1 atom stereocenters. The van der Waals surface area contributed by atoms with Crippen LogP contribution in [0.15, 0.2) is 36.4 Å². The average Bonchev–Trinajstić information content (AvgIpc) is 2.72. The Morgan fingerprint density at radius 1 is 1.20 bits per heavy atom. The third kappa shape index (κ3) is 5.11. The van der Waals surface area contributed by atoms with Crippen LogP contribution in [0.25, 0.3) is 0 Å². The predicted molar refractivity (Wildman–Crippen MR) is 115 cm³/mol. The van der Waals surface area contributed by atoms with Crippen LogP contribution >= 0.6 is 0 Å². The minimum Gasteiger partial charge on any atom is -0.493 e. The lowest BCUT2D eigenvalue weighted by Crippen LogP contribution is -2.42. The number of hydrogen-bond donors (Lipinski definition) is 1. The van der Waals surface area contributed by atoms with Crippen LogP contribution in [0.5, 0.6) is 11.5 Å². The lowest BCUT2D eigenvalue weighted by atomic mass is 9.91. The van der Waals surface area contributed by atoms with E-state index >= 15 is 0 Å². The smallest absolute Gasteiger partial charge is 0.220 e. The summed E-state index contributed by atoms with van der Waals surface area (Å²) in [6.07, 6.45) is 1.30. The Kier molecular flexibility index (Phi) is 7.32. The van der Waals surface area contributed by atoms with Crippen LogP contribution in [-0.2, 0) is 17.8 Å². The number of hydrogen-bond acceptors (Lipinski definition) is 4. The topological polar surface area (TPSA) is 50.8 Å². The number of carbonyl (C=O) groups excluding carboxylic acids is 1. The number of rotatable bonds is 8. The van der Waals surface area contributed by atoms with Crippen molar-refractivity contribution in [1.82, 2.24) is 10.2 Å². The van der Waals surface area contributed by atoms with E-state index in [0.717, 1.165) is 18.5 Å². The van der Waals surface area contributed by atoms with E-state index in [2.05, 4.69) is 10.2 Å². The second kappa shape index (κ2) is 9.94. The van der Waals surface area contributed by atoms with Gasteiger partial charge in [-0.2, -0.15) is 0 Å². The third-order valence-electron chi connectivity index (χ3n) is 5.53. The van der Waals surface area contributed by atoms with Crippen molar-refractivity contribution in [2.75, 3.05) is 27.3 Å². The van der Waals surface area contributed by atoms with Gasteiger partial charge in [-0.3, -0.25) is 9.69 Å². The number of benzene rings is 2. The van der Waals surface area contributed by atoms with E-state index in [9.17, 15) is 9.18 Å². The van der Waals surface area contributed by atoms with Gasteiger partial charge in [0, 0.05) is 31.6 Å². The van der Waals surface area contributed by atoms with Crippen LogP contribution in [0, 0.1) is 11.7 Å². The van der Waals surface area contributed by atoms with Gasteiger partial charge in [-0.25, -0.2) is 4.39 Å². The number of amides is 1. The molecule has 0 unspecified atom stereocenters. The van der Waals surface area contributed by atoms with E-state index < -0.39 is 0 Å². The van der Waals surface area contributed by atoms with E-state index in [0.29, 0.717) is 42.5 Å². The highest BCUT2D eigenvalue weighted by Crippen LogP contribution is 2.38. The fraction of sp³-hybridized carbons (Fsp3) is 0.458. The van der Waals surface area contributed by atoms with E-state index in [-0.39, 0.29) is 17.8 Å². The van der Waals surface area contributed by atoms with Crippen molar-refractivity contribution in [3.05, 3.63) is 58.9 Å². The molecule has 0 aromatic heterocycles. The fourth-order valence-electron chi connectivity index (χ4n) is 4.01. The van der Waals surface area contributed by atoms with Gasteiger partial charge in [0.15, 0.2) is 11.5 Å². The maximum atomic E-state index is 14.3. The maximum absolute atomic E-state index is 14.3. The van der Waals surface area contributed by atoms with Crippen LogP contribution in [0.1, 0.15) is 43.0 Å². The van der Waals surface area contributed by atoms with Crippen molar-refractivity contribution < 1.29 is 18.7 Å². The summed E-state index contributed by atoms with van der Waals surface area (Å²) in [4.78, 5) is 14.5. The number of nitrogens with one attached hydrogen (secondary N) is 1. The molecule has 1 N–H and O–H groups in total. The largest absolute Gasteiger partial charge is 0.493 e. The van der Waals surface area contributed by atoms with E-state index in [4.69, 9.17) is 9.47 Å². The molecule has 6 heteroatoms. The molecular formula is C24H31FN2O3. The van der Waals surface area contributed by atoms with Crippen LogP contribution in [0.4, 0.5) is 4.39 Å². The monoisotopic (exact) mass is 414 g/mol. The Labute approximate surface area is 178 Å². The third-order valence-corrected chi connectivity index (χ3v) is 5.53. The molecule has 1 aliphatic heterocycles. The first-order valence-corrected chi connectivity index (χ1v) is 10.4. The Balaban J connectivity index is 1.91. The van der Waals surface area contributed by atoms with Crippen molar-refractivity contribution >= 4 is 5.91 Å². The molecule has 0 radical (unpaired) electrons. The summed E-state index contributed by atoms with van der Waals surface area (Å²) >= 11 is 0. The summed E-state index contributed by atoms with van der Waals surface area (Å²) in [5.41, 5.74) is 2.90. The first-order valence-electron chi connectivity index (χ1n) is 10.4. The van der Waals surface area contributed by atoms with Gasteiger partial charge in [-0.1, -0.05) is 32.0 Å². The molecule has 30 heavy (non-hydrogen) atoms. The van der Waals surface area contributed by atoms with Gasteiger partial charge in [0.25, 0.3) is 0 Å². The second-order valence-electron chi connectivity index (χ2n) is 8.14. The molecule has 1 aliphatic rings. The molecule has 0 saturated heterocycles. The maximum Gasteiger partial charge on any atom is 0.220 e.